The number of amides is 1. The van der Waals surface area contributed by atoms with Crippen molar-refractivity contribution in [3.63, 3.8) is 0 Å². The van der Waals surface area contributed by atoms with Gasteiger partial charge in [-0.25, -0.2) is 4.98 Å². The number of carbonyl (C=O) groups is 2. The molecule has 2 fully saturated rings. The van der Waals surface area contributed by atoms with Gasteiger partial charge in [0.05, 0.1) is 54.8 Å². The second-order valence-corrected chi connectivity index (χ2v) is 13.9. The molecule has 1 aliphatic carbocycles. The first kappa shape index (κ1) is 34.2. The van der Waals surface area contributed by atoms with Crippen LogP contribution in [0.1, 0.15) is 36.6 Å². The highest BCUT2D eigenvalue weighted by Gasteiger charge is 2.47. The van der Waals surface area contributed by atoms with Gasteiger partial charge < -0.3 is 24.8 Å². The van der Waals surface area contributed by atoms with E-state index < -0.39 is 0 Å². The van der Waals surface area contributed by atoms with Crippen LogP contribution in [0.3, 0.4) is 0 Å². The summed E-state index contributed by atoms with van der Waals surface area (Å²) in [6.07, 6.45) is 4.68. The van der Waals surface area contributed by atoms with Crippen molar-refractivity contribution < 1.29 is 23.8 Å². The quantitative estimate of drug-likeness (QED) is 0.184. The summed E-state index contributed by atoms with van der Waals surface area (Å²) in [5.41, 5.74) is 7.52. The van der Waals surface area contributed by atoms with E-state index in [-0.39, 0.29) is 30.0 Å². The molecule has 12 heteroatoms. The van der Waals surface area contributed by atoms with Crippen LogP contribution in [0, 0.1) is 0 Å². The average Bonchev–Trinajstić information content (AvgIpc) is 3.71. The fraction of sp³-hybridized carbons (Fsp3) is 0.368. The maximum atomic E-state index is 11.9. The Kier molecular flexibility index (Phi) is 9.72. The van der Waals surface area contributed by atoms with Crippen LogP contribution in [-0.2, 0) is 33.7 Å². The molecule has 2 saturated heterocycles. The highest BCUT2D eigenvalue weighted by molar-refractivity contribution is 6.39. The highest BCUT2D eigenvalue weighted by Crippen LogP contribution is 2.44. The van der Waals surface area contributed by atoms with Gasteiger partial charge in [0.25, 0.3) is 0 Å². The number of fused-ring (bicyclic) bond motifs is 1. The van der Waals surface area contributed by atoms with Crippen molar-refractivity contribution in [2.24, 2.45) is 0 Å². The standard InChI is InChI=1S/C38H39Cl2N5O5/c1-4-50-34(47)18-41-24-14-22-13-23(15-32(48-2)29(22)16-24)25-7-5-8-26(35(25)39)27-9-6-10-28(36(27)40)30-17-42-31(37(43-30)49-3)19-45-20-38(21-45)12-11-33(46)44-38/h5-10,13,15,17,24,41H,4,11-12,14,16,18-21H2,1-3H3,(H,44,46)/t24-/m1/s1. The Balaban J connectivity index is 1.13. The van der Waals surface area contributed by atoms with Crippen molar-refractivity contribution in [2.45, 2.75) is 50.7 Å². The smallest absolute Gasteiger partial charge is 0.319 e. The lowest BCUT2D eigenvalue weighted by atomic mass is 9.88. The zero-order valence-corrected chi connectivity index (χ0v) is 29.8. The van der Waals surface area contributed by atoms with Gasteiger partial charge in [0.2, 0.25) is 11.8 Å². The number of aromatic nitrogens is 2. The minimum absolute atomic E-state index is 0.0988. The number of nitrogens with one attached hydrogen (secondary N) is 2. The van der Waals surface area contributed by atoms with E-state index >= 15 is 0 Å². The predicted molar refractivity (Wildman–Crippen MR) is 193 cm³/mol. The van der Waals surface area contributed by atoms with Gasteiger partial charge in [0.1, 0.15) is 11.4 Å². The molecule has 1 amide bonds. The van der Waals surface area contributed by atoms with E-state index in [1.165, 1.54) is 0 Å². The molecule has 1 spiro atoms. The number of rotatable bonds is 11. The molecule has 2 N–H and O–H groups in total. The van der Waals surface area contributed by atoms with Gasteiger partial charge in [0.15, 0.2) is 0 Å². The van der Waals surface area contributed by atoms with Gasteiger partial charge in [-0.15, -0.1) is 0 Å². The lowest BCUT2D eigenvalue weighted by Gasteiger charge is -2.47. The van der Waals surface area contributed by atoms with Gasteiger partial charge in [0, 0.05) is 54.4 Å². The number of esters is 1. The number of benzene rings is 3. The number of likely N-dealkylation sites (tertiary alicyclic amines) is 1. The summed E-state index contributed by atoms with van der Waals surface area (Å²) in [6.45, 7) is 4.47. The summed E-state index contributed by atoms with van der Waals surface area (Å²) in [5, 5.41) is 7.50. The SMILES string of the molecule is CCOC(=O)CN[C@@H]1Cc2cc(-c3cccc(-c4cccc(-c5cnc(CN6CC7(CCC(=O)N7)C6)c(OC)n5)c4Cl)c3Cl)cc(OC)c2C1. The van der Waals surface area contributed by atoms with Crippen LogP contribution in [-0.4, -0.2) is 78.8 Å². The van der Waals surface area contributed by atoms with Gasteiger partial charge in [-0.2, -0.15) is 0 Å². The molecular weight excluding hydrogens is 677 g/mol. The van der Waals surface area contributed by atoms with Crippen molar-refractivity contribution in [3.05, 3.63) is 81.6 Å². The van der Waals surface area contributed by atoms with E-state index in [4.69, 9.17) is 47.4 Å². The van der Waals surface area contributed by atoms with Crippen LogP contribution in [0.5, 0.6) is 11.6 Å². The Morgan fingerprint density at radius 2 is 1.74 bits per heavy atom. The number of hydrogen-bond donors (Lipinski definition) is 2. The van der Waals surface area contributed by atoms with Crippen molar-refractivity contribution in [1.82, 2.24) is 25.5 Å². The van der Waals surface area contributed by atoms with E-state index in [2.05, 4.69) is 21.6 Å². The predicted octanol–water partition coefficient (Wildman–Crippen LogP) is 5.89. The minimum Gasteiger partial charge on any atom is -0.496 e. The Morgan fingerprint density at radius 3 is 2.42 bits per heavy atom. The summed E-state index contributed by atoms with van der Waals surface area (Å²) >= 11 is 14.3. The summed E-state index contributed by atoms with van der Waals surface area (Å²) in [7, 11) is 3.26. The maximum absolute atomic E-state index is 11.9. The summed E-state index contributed by atoms with van der Waals surface area (Å²) in [6, 6.07) is 16.0. The average molecular weight is 717 g/mol. The summed E-state index contributed by atoms with van der Waals surface area (Å²) < 4.78 is 16.6. The largest absolute Gasteiger partial charge is 0.496 e. The Hall–Kier alpha value is -4.22. The molecule has 260 valence electrons. The van der Waals surface area contributed by atoms with Gasteiger partial charge in [-0.05, 0) is 48.9 Å². The Bertz CT molecular complexity index is 1960. The van der Waals surface area contributed by atoms with Crippen LogP contribution in [0.2, 0.25) is 10.0 Å². The topological polar surface area (TPSA) is 115 Å². The third kappa shape index (κ3) is 6.65. The van der Waals surface area contributed by atoms with Gasteiger partial charge in [-0.1, -0.05) is 65.7 Å². The second kappa shape index (κ2) is 14.2. The zero-order chi connectivity index (χ0) is 35.0. The molecule has 0 unspecified atom stereocenters. The van der Waals surface area contributed by atoms with E-state index in [0.29, 0.717) is 46.8 Å². The fourth-order valence-electron chi connectivity index (χ4n) is 7.47. The van der Waals surface area contributed by atoms with Crippen LogP contribution in [0.4, 0.5) is 0 Å². The number of carbonyl (C=O) groups excluding carboxylic acids is 2. The number of hydrogen-bond acceptors (Lipinski definition) is 9. The molecule has 10 nitrogen and oxygen atoms in total. The first-order valence-electron chi connectivity index (χ1n) is 16.8. The molecule has 7 rings (SSSR count). The lowest BCUT2D eigenvalue weighted by Crippen LogP contribution is -2.66. The van der Waals surface area contributed by atoms with Gasteiger partial charge in [-0.3, -0.25) is 19.5 Å². The van der Waals surface area contributed by atoms with Gasteiger partial charge >= 0.3 is 5.97 Å². The number of halogens is 2. The molecule has 0 bridgehead atoms. The normalized spacial score (nSPS) is 17.7. The molecule has 3 aliphatic rings. The molecule has 0 saturated carbocycles. The third-order valence-electron chi connectivity index (χ3n) is 9.82. The number of ether oxygens (including phenoxy) is 3. The molecule has 4 aromatic rings. The van der Waals surface area contributed by atoms with Crippen LogP contribution < -0.4 is 20.1 Å². The van der Waals surface area contributed by atoms with Crippen LogP contribution in [0.25, 0.3) is 33.5 Å². The molecule has 1 aromatic heterocycles. The van der Waals surface area contributed by atoms with Crippen molar-refractivity contribution in [2.75, 3.05) is 40.5 Å². The first-order chi connectivity index (χ1) is 24.2. The highest BCUT2D eigenvalue weighted by atomic mass is 35.5. The van der Waals surface area contributed by atoms with Crippen molar-refractivity contribution >= 4 is 35.1 Å². The van der Waals surface area contributed by atoms with Crippen LogP contribution in [0.15, 0.2) is 54.7 Å². The summed E-state index contributed by atoms with van der Waals surface area (Å²) in [5.74, 6) is 1.08. The van der Waals surface area contributed by atoms with Crippen molar-refractivity contribution in [3.8, 4) is 45.1 Å². The molecule has 2 aliphatic heterocycles. The molecule has 50 heavy (non-hydrogen) atoms. The van der Waals surface area contributed by atoms with E-state index in [1.807, 2.05) is 42.5 Å². The molecule has 1 atom stereocenters. The molecular formula is C38H39Cl2N5O5. The first-order valence-corrected chi connectivity index (χ1v) is 17.6. The Morgan fingerprint density at radius 1 is 1.02 bits per heavy atom. The van der Waals surface area contributed by atoms with E-state index in [9.17, 15) is 9.59 Å². The Labute approximate surface area is 301 Å². The van der Waals surface area contributed by atoms with E-state index in [0.717, 1.165) is 77.2 Å². The third-order valence-corrected chi connectivity index (χ3v) is 10.6. The second-order valence-electron chi connectivity index (χ2n) is 13.1. The molecule has 3 aromatic carbocycles. The molecule has 3 heterocycles. The number of nitrogens with zero attached hydrogens (tertiary/aromatic N) is 3. The fourth-order valence-corrected chi connectivity index (χ4v) is 8.13. The monoisotopic (exact) mass is 715 g/mol. The number of methoxy groups -OCH3 is 2. The van der Waals surface area contributed by atoms with Crippen molar-refractivity contribution in [1.29, 1.82) is 0 Å². The maximum Gasteiger partial charge on any atom is 0.319 e. The lowest BCUT2D eigenvalue weighted by molar-refractivity contribution is -0.142. The minimum atomic E-state index is -0.261. The zero-order valence-electron chi connectivity index (χ0n) is 28.3. The molecule has 0 radical (unpaired) electrons. The summed E-state index contributed by atoms with van der Waals surface area (Å²) in [4.78, 5) is 35.4. The van der Waals surface area contributed by atoms with E-state index in [1.54, 1.807) is 27.3 Å². The van der Waals surface area contributed by atoms with Crippen LogP contribution >= 0.6 is 23.2 Å².